The number of rotatable bonds is 1. The molecule has 1 aromatic rings. The molecule has 2 heterocycles. The van der Waals surface area contributed by atoms with Crippen LogP contribution in [0.5, 0.6) is 0 Å². The van der Waals surface area contributed by atoms with Crippen molar-refractivity contribution in [1.29, 1.82) is 0 Å². The quantitative estimate of drug-likeness (QED) is 0.799. The predicted octanol–water partition coefficient (Wildman–Crippen LogP) is 2.46. The predicted molar refractivity (Wildman–Crippen MR) is 73.7 cm³/mol. The Labute approximate surface area is 121 Å². The van der Waals surface area contributed by atoms with Gasteiger partial charge < -0.3 is 14.2 Å². The van der Waals surface area contributed by atoms with E-state index in [2.05, 4.69) is 0 Å². The Morgan fingerprint density at radius 3 is 2.19 bits per heavy atom. The molecule has 1 aromatic heterocycles. The fourth-order valence-electron chi connectivity index (χ4n) is 2.37. The van der Waals surface area contributed by atoms with Crippen molar-refractivity contribution >= 4 is 5.69 Å². The van der Waals surface area contributed by atoms with Crippen LogP contribution in [0.2, 0.25) is 0 Å². The second-order valence-corrected chi connectivity index (χ2v) is 6.02. The molecule has 0 unspecified atom stereocenters. The molecule has 118 valence electrons. The number of anilines is 1. The van der Waals surface area contributed by atoms with Gasteiger partial charge in [-0.15, -0.1) is 0 Å². The number of pyridine rings is 1. The smallest absolute Gasteiger partial charge is 0.378 e. The molecule has 1 saturated heterocycles. The highest BCUT2D eigenvalue weighted by Gasteiger charge is 2.38. The van der Waals surface area contributed by atoms with Crippen LogP contribution in [0.3, 0.4) is 0 Å². The summed E-state index contributed by atoms with van der Waals surface area (Å²) in [5, 5.41) is 0. The van der Waals surface area contributed by atoms with E-state index in [0.717, 1.165) is 6.07 Å². The van der Waals surface area contributed by atoms with Crippen molar-refractivity contribution in [1.82, 2.24) is 4.57 Å². The first kappa shape index (κ1) is 15.9. The maximum absolute atomic E-state index is 13.2. The van der Waals surface area contributed by atoms with E-state index in [1.807, 2.05) is 0 Å². The minimum atomic E-state index is -4.55. The number of ether oxygens (including phenoxy) is 1. The van der Waals surface area contributed by atoms with Gasteiger partial charge in [0, 0.05) is 24.8 Å². The summed E-state index contributed by atoms with van der Waals surface area (Å²) in [6.07, 6.45) is -3.33. The van der Waals surface area contributed by atoms with Gasteiger partial charge in [0.15, 0.2) is 0 Å². The number of aromatic nitrogens is 1. The van der Waals surface area contributed by atoms with E-state index in [0.29, 0.717) is 13.2 Å². The van der Waals surface area contributed by atoms with Gasteiger partial charge in [0.05, 0.1) is 18.8 Å². The van der Waals surface area contributed by atoms with E-state index >= 15 is 0 Å². The third-order valence-corrected chi connectivity index (χ3v) is 3.42. The first-order valence-corrected chi connectivity index (χ1v) is 6.78. The highest BCUT2D eigenvalue weighted by atomic mass is 19.4. The van der Waals surface area contributed by atoms with Crippen LogP contribution in [0.4, 0.5) is 18.9 Å². The Morgan fingerprint density at radius 2 is 1.71 bits per heavy atom. The third-order valence-electron chi connectivity index (χ3n) is 3.42. The van der Waals surface area contributed by atoms with Gasteiger partial charge in [0.1, 0.15) is 5.69 Å². The molecule has 0 radical (unpaired) electrons. The average molecular weight is 304 g/mol. The minimum absolute atomic E-state index is 0.275. The first-order valence-electron chi connectivity index (χ1n) is 6.78. The molecule has 1 aliphatic heterocycles. The lowest BCUT2D eigenvalue weighted by atomic mass is 10.1. The van der Waals surface area contributed by atoms with Gasteiger partial charge in [0.25, 0.3) is 5.56 Å². The van der Waals surface area contributed by atoms with Crippen LogP contribution in [0.25, 0.3) is 0 Å². The van der Waals surface area contributed by atoms with Crippen LogP contribution >= 0.6 is 0 Å². The summed E-state index contributed by atoms with van der Waals surface area (Å²) in [5.41, 5.74) is -2.35. The maximum atomic E-state index is 13.2. The van der Waals surface area contributed by atoms with E-state index < -0.39 is 22.8 Å². The van der Waals surface area contributed by atoms with Crippen molar-refractivity contribution in [2.24, 2.45) is 0 Å². The van der Waals surface area contributed by atoms with Gasteiger partial charge >= 0.3 is 6.18 Å². The van der Waals surface area contributed by atoms with E-state index in [1.54, 1.807) is 20.8 Å². The van der Waals surface area contributed by atoms with Crippen LogP contribution < -0.4 is 10.5 Å². The zero-order valence-electron chi connectivity index (χ0n) is 12.3. The van der Waals surface area contributed by atoms with E-state index in [-0.39, 0.29) is 18.8 Å². The Bertz CT molecular complexity index is 567. The van der Waals surface area contributed by atoms with Crippen molar-refractivity contribution in [3.05, 3.63) is 28.2 Å². The van der Waals surface area contributed by atoms with Crippen molar-refractivity contribution < 1.29 is 17.9 Å². The van der Waals surface area contributed by atoms with Crippen LogP contribution in [0.1, 0.15) is 26.3 Å². The first-order chi connectivity index (χ1) is 9.62. The molecule has 0 N–H and O–H groups in total. The molecule has 0 spiro atoms. The largest absolute Gasteiger partial charge is 0.418 e. The van der Waals surface area contributed by atoms with Crippen LogP contribution in [-0.4, -0.2) is 30.9 Å². The number of hydrogen-bond donors (Lipinski definition) is 0. The van der Waals surface area contributed by atoms with Gasteiger partial charge in [0.2, 0.25) is 0 Å². The van der Waals surface area contributed by atoms with Gasteiger partial charge in [-0.2, -0.15) is 13.2 Å². The summed E-state index contributed by atoms with van der Waals surface area (Å²) in [6, 6.07) is 0.984. The molecule has 0 bridgehead atoms. The molecular weight excluding hydrogens is 285 g/mol. The lowest BCUT2D eigenvalue weighted by Gasteiger charge is -2.32. The molecule has 1 aliphatic rings. The summed E-state index contributed by atoms with van der Waals surface area (Å²) >= 11 is 0. The van der Waals surface area contributed by atoms with E-state index in [4.69, 9.17) is 4.74 Å². The Balaban J connectivity index is 2.64. The zero-order chi connectivity index (χ0) is 15.8. The van der Waals surface area contributed by atoms with Crippen molar-refractivity contribution in [2.45, 2.75) is 32.5 Å². The number of alkyl halides is 3. The van der Waals surface area contributed by atoms with Gasteiger partial charge in [-0.1, -0.05) is 0 Å². The van der Waals surface area contributed by atoms with Crippen LogP contribution in [-0.2, 0) is 16.5 Å². The average Bonchev–Trinajstić information content (AvgIpc) is 2.36. The van der Waals surface area contributed by atoms with Crippen molar-refractivity contribution in [2.75, 3.05) is 31.2 Å². The molecule has 0 amide bonds. The lowest BCUT2D eigenvalue weighted by Crippen LogP contribution is -2.44. The molecule has 21 heavy (non-hydrogen) atoms. The SMILES string of the molecule is CC(C)(C)n1ccc(C(F)(F)F)c(N2CCOCC2)c1=O. The molecular formula is C14H19F3N2O2. The molecule has 1 fully saturated rings. The Hall–Kier alpha value is -1.50. The topological polar surface area (TPSA) is 34.5 Å². The highest BCUT2D eigenvalue weighted by Crippen LogP contribution is 2.35. The van der Waals surface area contributed by atoms with E-state index in [9.17, 15) is 18.0 Å². The molecule has 2 rings (SSSR count). The Morgan fingerprint density at radius 1 is 1.14 bits per heavy atom. The van der Waals surface area contributed by atoms with Crippen LogP contribution in [0, 0.1) is 0 Å². The van der Waals surface area contributed by atoms with Gasteiger partial charge in [-0.3, -0.25) is 4.79 Å². The Kier molecular flexibility index (Phi) is 4.06. The van der Waals surface area contributed by atoms with Gasteiger partial charge in [-0.25, -0.2) is 0 Å². The number of morpholine rings is 1. The molecule has 7 heteroatoms. The summed E-state index contributed by atoms with van der Waals surface area (Å²) in [4.78, 5) is 14.0. The van der Waals surface area contributed by atoms with Crippen molar-refractivity contribution in [3.8, 4) is 0 Å². The van der Waals surface area contributed by atoms with E-state index in [1.165, 1.54) is 15.7 Å². The fourth-order valence-corrected chi connectivity index (χ4v) is 2.37. The van der Waals surface area contributed by atoms with Gasteiger partial charge in [-0.05, 0) is 26.8 Å². The maximum Gasteiger partial charge on any atom is 0.418 e. The fraction of sp³-hybridized carbons (Fsp3) is 0.643. The second-order valence-electron chi connectivity index (χ2n) is 6.02. The molecule has 0 aromatic carbocycles. The number of nitrogens with zero attached hydrogens (tertiary/aromatic N) is 2. The standard InChI is InChI=1S/C14H19F3N2O2/c1-13(2,3)19-5-4-10(14(15,16)17)11(12(19)20)18-6-8-21-9-7-18/h4-5H,6-9H2,1-3H3. The number of halogens is 3. The highest BCUT2D eigenvalue weighted by molar-refractivity contribution is 5.54. The normalized spacial score (nSPS) is 17.1. The molecule has 0 saturated carbocycles. The van der Waals surface area contributed by atoms with Crippen LogP contribution in [0.15, 0.2) is 17.1 Å². The summed E-state index contributed by atoms with van der Waals surface area (Å²) in [6.45, 7) is 6.56. The zero-order valence-corrected chi connectivity index (χ0v) is 12.3. The molecule has 4 nitrogen and oxygen atoms in total. The molecule has 0 atom stereocenters. The number of hydrogen-bond acceptors (Lipinski definition) is 3. The summed E-state index contributed by atoms with van der Waals surface area (Å²) in [5.74, 6) is 0. The summed E-state index contributed by atoms with van der Waals surface area (Å²) in [7, 11) is 0. The lowest BCUT2D eigenvalue weighted by molar-refractivity contribution is -0.137. The summed E-state index contributed by atoms with van der Waals surface area (Å²) < 4.78 is 46.1. The molecule has 0 aliphatic carbocycles. The van der Waals surface area contributed by atoms with Crippen molar-refractivity contribution in [3.63, 3.8) is 0 Å². The second kappa shape index (κ2) is 5.36. The monoisotopic (exact) mass is 304 g/mol. The minimum Gasteiger partial charge on any atom is -0.378 e. The third kappa shape index (κ3) is 3.23.